The number of amides is 1. The van der Waals surface area contributed by atoms with Crippen molar-refractivity contribution >= 4 is 22.9 Å². The Labute approximate surface area is 200 Å². The lowest BCUT2D eigenvalue weighted by molar-refractivity contribution is -0.135. The summed E-state index contributed by atoms with van der Waals surface area (Å²) < 4.78 is 1.72. The zero-order valence-corrected chi connectivity index (χ0v) is 19.9. The van der Waals surface area contributed by atoms with E-state index in [-0.39, 0.29) is 17.4 Å². The van der Waals surface area contributed by atoms with Crippen LogP contribution in [-0.4, -0.2) is 51.5 Å². The molecule has 1 amide bonds. The van der Waals surface area contributed by atoms with Crippen LogP contribution in [0.5, 0.6) is 0 Å². The Bertz CT molecular complexity index is 1210. The number of fused-ring (bicyclic) bond motifs is 1. The molecule has 4 heterocycles. The molecule has 0 aliphatic carbocycles. The quantitative estimate of drug-likeness (QED) is 0.594. The Morgan fingerprint density at radius 3 is 2.53 bits per heavy atom. The molecule has 7 heteroatoms. The van der Waals surface area contributed by atoms with Gasteiger partial charge < -0.3 is 9.80 Å². The first kappa shape index (κ1) is 22.6. The predicted molar refractivity (Wildman–Crippen MR) is 134 cm³/mol. The van der Waals surface area contributed by atoms with Gasteiger partial charge in [0.15, 0.2) is 11.5 Å². The monoisotopic (exact) mass is 459 g/mol. The summed E-state index contributed by atoms with van der Waals surface area (Å²) >= 11 is 0. The second-order valence-electron chi connectivity index (χ2n) is 9.68. The van der Waals surface area contributed by atoms with Crippen molar-refractivity contribution in [2.75, 3.05) is 31.1 Å². The Morgan fingerprint density at radius 2 is 1.76 bits per heavy atom. The Morgan fingerprint density at radius 1 is 1.00 bits per heavy atom. The molecule has 0 spiro atoms. The van der Waals surface area contributed by atoms with Gasteiger partial charge in [-0.2, -0.15) is 0 Å². The molecule has 2 aliphatic rings. The van der Waals surface area contributed by atoms with Gasteiger partial charge in [-0.3, -0.25) is 14.2 Å². The number of carbonyl (C=O) groups is 1. The molecule has 0 radical (unpaired) electrons. The van der Waals surface area contributed by atoms with E-state index in [1.165, 1.54) is 18.4 Å². The summed E-state index contributed by atoms with van der Waals surface area (Å²) in [4.78, 5) is 40.3. The highest BCUT2D eigenvalue weighted by Gasteiger charge is 2.31. The SMILES string of the molecule is Cc1ccc(Cn2c(=O)c(N3CCC[C@H](C(=O)N4CCCCCC4)C3)nc3cccnc32)cc1. The van der Waals surface area contributed by atoms with Crippen molar-refractivity contribution in [1.29, 1.82) is 0 Å². The van der Waals surface area contributed by atoms with Gasteiger partial charge in [0.2, 0.25) is 5.91 Å². The minimum Gasteiger partial charge on any atom is -0.351 e. The summed E-state index contributed by atoms with van der Waals surface area (Å²) in [5.74, 6) is 0.596. The Kier molecular flexibility index (Phi) is 6.61. The first-order valence-corrected chi connectivity index (χ1v) is 12.5. The fourth-order valence-corrected chi connectivity index (χ4v) is 5.21. The van der Waals surface area contributed by atoms with Crippen LogP contribution in [0.1, 0.15) is 49.7 Å². The molecule has 1 aromatic carbocycles. The number of anilines is 1. The van der Waals surface area contributed by atoms with E-state index >= 15 is 0 Å². The molecular weight excluding hydrogens is 426 g/mol. The number of piperidine rings is 1. The second kappa shape index (κ2) is 9.95. The van der Waals surface area contributed by atoms with E-state index in [2.05, 4.69) is 28.9 Å². The number of rotatable bonds is 4. The van der Waals surface area contributed by atoms with Crippen LogP contribution in [0.25, 0.3) is 11.2 Å². The van der Waals surface area contributed by atoms with E-state index in [0.717, 1.165) is 50.9 Å². The van der Waals surface area contributed by atoms with Crippen molar-refractivity contribution in [2.45, 2.75) is 52.0 Å². The maximum Gasteiger partial charge on any atom is 0.295 e. The smallest absolute Gasteiger partial charge is 0.295 e. The maximum absolute atomic E-state index is 13.7. The van der Waals surface area contributed by atoms with Crippen LogP contribution in [0.3, 0.4) is 0 Å². The summed E-state index contributed by atoms with van der Waals surface area (Å²) in [6.45, 7) is 5.50. The molecule has 34 heavy (non-hydrogen) atoms. The van der Waals surface area contributed by atoms with Crippen LogP contribution < -0.4 is 10.5 Å². The van der Waals surface area contributed by atoms with E-state index in [1.807, 2.05) is 29.2 Å². The van der Waals surface area contributed by atoms with E-state index in [4.69, 9.17) is 4.98 Å². The lowest BCUT2D eigenvalue weighted by Gasteiger charge is -2.35. The number of benzene rings is 1. The lowest BCUT2D eigenvalue weighted by Crippen LogP contribution is -2.47. The number of hydrogen-bond donors (Lipinski definition) is 0. The lowest BCUT2D eigenvalue weighted by atomic mass is 9.96. The van der Waals surface area contributed by atoms with E-state index in [9.17, 15) is 9.59 Å². The summed E-state index contributed by atoms with van der Waals surface area (Å²) in [6, 6.07) is 12.0. The number of nitrogens with zero attached hydrogens (tertiary/aromatic N) is 5. The molecule has 7 nitrogen and oxygen atoms in total. The molecule has 0 N–H and O–H groups in total. The third kappa shape index (κ3) is 4.69. The van der Waals surface area contributed by atoms with Crippen molar-refractivity contribution in [1.82, 2.24) is 19.4 Å². The number of pyridine rings is 1. The van der Waals surface area contributed by atoms with Crippen LogP contribution in [0.15, 0.2) is 47.4 Å². The van der Waals surface area contributed by atoms with Crippen molar-refractivity contribution in [3.8, 4) is 0 Å². The second-order valence-corrected chi connectivity index (χ2v) is 9.68. The molecular formula is C27H33N5O2. The molecule has 0 unspecified atom stereocenters. The molecule has 178 valence electrons. The fraction of sp³-hybridized carbons (Fsp3) is 0.481. The molecule has 2 saturated heterocycles. The number of hydrogen-bond acceptors (Lipinski definition) is 5. The number of carbonyl (C=O) groups excluding carboxylic acids is 1. The first-order valence-electron chi connectivity index (χ1n) is 12.5. The predicted octanol–water partition coefficient (Wildman–Crippen LogP) is 3.77. The molecule has 5 rings (SSSR count). The number of aryl methyl sites for hydroxylation is 1. The zero-order valence-electron chi connectivity index (χ0n) is 19.9. The number of likely N-dealkylation sites (tertiary alicyclic amines) is 1. The molecule has 2 aromatic heterocycles. The minimum absolute atomic E-state index is 0.0804. The highest BCUT2D eigenvalue weighted by Crippen LogP contribution is 2.24. The average Bonchev–Trinajstić information content (AvgIpc) is 3.16. The van der Waals surface area contributed by atoms with Crippen molar-refractivity contribution < 1.29 is 4.79 Å². The van der Waals surface area contributed by atoms with Gasteiger partial charge in [0.1, 0.15) is 5.52 Å². The van der Waals surface area contributed by atoms with Gasteiger partial charge in [-0.15, -0.1) is 0 Å². The number of aromatic nitrogens is 3. The summed E-state index contributed by atoms with van der Waals surface area (Å²) in [6.07, 6.45) is 8.04. The topological polar surface area (TPSA) is 71.3 Å². The van der Waals surface area contributed by atoms with Crippen LogP contribution in [0, 0.1) is 12.8 Å². The third-order valence-electron chi connectivity index (χ3n) is 7.13. The molecule has 0 saturated carbocycles. The van der Waals surface area contributed by atoms with E-state index < -0.39 is 0 Å². The van der Waals surface area contributed by atoms with Crippen molar-refractivity contribution in [3.05, 3.63) is 64.1 Å². The Hall–Kier alpha value is -3.22. The minimum atomic E-state index is -0.144. The highest BCUT2D eigenvalue weighted by molar-refractivity contribution is 5.80. The molecule has 3 aromatic rings. The summed E-state index contributed by atoms with van der Waals surface area (Å²) in [7, 11) is 0. The van der Waals surface area contributed by atoms with E-state index in [1.54, 1.807) is 10.8 Å². The van der Waals surface area contributed by atoms with Crippen LogP contribution in [0.4, 0.5) is 5.82 Å². The van der Waals surface area contributed by atoms with Gasteiger partial charge in [0.25, 0.3) is 5.56 Å². The standard InChI is InChI=1S/C27H33N5O2/c1-20-10-12-21(13-11-20)18-32-24-23(9-6-14-28-24)29-25(27(32)34)31-17-7-8-22(19-31)26(33)30-15-4-2-3-5-16-30/h6,9-14,22H,2-5,7-8,15-19H2,1H3/t22-/m0/s1. The van der Waals surface area contributed by atoms with Crippen LogP contribution in [0.2, 0.25) is 0 Å². The molecule has 2 fully saturated rings. The average molecular weight is 460 g/mol. The third-order valence-corrected chi connectivity index (χ3v) is 7.13. The normalized spacial score (nSPS) is 19.3. The van der Waals surface area contributed by atoms with Crippen molar-refractivity contribution in [2.24, 2.45) is 5.92 Å². The van der Waals surface area contributed by atoms with Gasteiger partial charge in [-0.05, 0) is 50.3 Å². The van der Waals surface area contributed by atoms with Crippen LogP contribution >= 0.6 is 0 Å². The van der Waals surface area contributed by atoms with Crippen LogP contribution in [-0.2, 0) is 11.3 Å². The molecule has 2 aliphatic heterocycles. The van der Waals surface area contributed by atoms with Gasteiger partial charge in [-0.25, -0.2) is 9.97 Å². The maximum atomic E-state index is 13.7. The summed E-state index contributed by atoms with van der Waals surface area (Å²) in [5.41, 5.74) is 3.37. The Balaban J connectivity index is 1.45. The zero-order chi connectivity index (χ0) is 23.5. The first-order chi connectivity index (χ1) is 16.6. The van der Waals surface area contributed by atoms with Gasteiger partial charge >= 0.3 is 0 Å². The van der Waals surface area contributed by atoms with Gasteiger partial charge in [0.05, 0.1) is 12.5 Å². The van der Waals surface area contributed by atoms with Gasteiger partial charge in [-0.1, -0.05) is 42.7 Å². The van der Waals surface area contributed by atoms with Crippen molar-refractivity contribution in [3.63, 3.8) is 0 Å². The molecule has 1 atom stereocenters. The highest BCUT2D eigenvalue weighted by atomic mass is 16.2. The largest absolute Gasteiger partial charge is 0.351 e. The van der Waals surface area contributed by atoms with E-state index in [0.29, 0.717) is 30.1 Å². The molecule has 0 bridgehead atoms. The fourth-order valence-electron chi connectivity index (χ4n) is 5.21. The summed E-state index contributed by atoms with van der Waals surface area (Å²) in [5, 5.41) is 0. The van der Waals surface area contributed by atoms with Gasteiger partial charge in [0, 0.05) is 32.4 Å².